The predicted octanol–water partition coefficient (Wildman–Crippen LogP) is 3.11. The van der Waals surface area contributed by atoms with Gasteiger partial charge in [0.05, 0.1) is 11.1 Å². The number of hydrogen-bond donors (Lipinski definition) is 1. The summed E-state index contributed by atoms with van der Waals surface area (Å²) < 4.78 is 0. The minimum Gasteiger partial charge on any atom is -0.349 e. The van der Waals surface area contributed by atoms with Crippen LogP contribution < -0.4 is 5.32 Å². The highest BCUT2D eigenvalue weighted by Crippen LogP contribution is 2.22. The Kier molecular flexibility index (Phi) is 3.63. The van der Waals surface area contributed by atoms with Crippen molar-refractivity contribution in [3.8, 4) is 0 Å². The van der Waals surface area contributed by atoms with Crippen molar-refractivity contribution in [1.29, 1.82) is 0 Å². The topological polar surface area (TPSA) is 42.0 Å². The van der Waals surface area contributed by atoms with Gasteiger partial charge < -0.3 is 5.32 Å². The summed E-state index contributed by atoms with van der Waals surface area (Å²) >= 11 is 5.96. The maximum Gasteiger partial charge on any atom is 0.252 e. The Morgan fingerprint density at radius 1 is 1.50 bits per heavy atom. The molecule has 2 aromatic rings. The zero-order valence-electron chi connectivity index (χ0n) is 10.0. The molecule has 0 aliphatic rings. The zero-order valence-corrected chi connectivity index (χ0v) is 10.8. The maximum absolute atomic E-state index is 12.1. The van der Waals surface area contributed by atoms with Crippen LogP contribution in [-0.2, 0) is 0 Å². The lowest BCUT2D eigenvalue weighted by Gasteiger charge is -2.08. The lowest BCUT2D eigenvalue weighted by Crippen LogP contribution is -2.23. The Bertz CT molecular complexity index is 622. The molecule has 0 spiro atoms. The van der Waals surface area contributed by atoms with Crippen molar-refractivity contribution in [2.75, 3.05) is 6.54 Å². The van der Waals surface area contributed by atoms with E-state index in [1.807, 2.05) is 13.0 Å². The first kappa shape index (κ1) is 12.6. The van der Waals surface area contributed by atoms with Gasteiger partial charge in [-0.25, -0.2) is 0 Å². The number of halogens is 1. The zero-order chi connectivity index (χ0) is 13.1. The van der Waals surface area contributed by atoms with E-state index in [-0.39, 0.29) is 5.91 Å². The molecule has 0 bridgehead atoms. The van der Waals surface area contributed by atoms with Crippen molar-refractivity contribution in [2.45, 2.75) is 6.92 Å². The molecule has 0 atom stereocenters. The molecule has 1 aromatic heterocycles. The second-order valence-corrected chi connectivity index (χ2v) is 4.41. The van der Waals surface area contributed by atoms with Crippen LogP contribution in [0, 0.1) is 6.92 Å². The summed E-state index contributed by atoms with van der Waals surface area (Å²) in [5.41, 5.74) is 2.15. The average molecular weight is 261 g/mol. The second kappa shape index (κ2) is 5.19. The van der Waals surface area contributed by atoms with Gasteiger partial charge in [-0.3, -0.25) is 9.78 Å². The molecule has 0 fully saturated rings. The third-order valence-corrected chi connectivity index (χ3v) is 2.79. The number of amides is 1. The fraction of sp³-hybridized carbons (Fsp3) is 0.143. The minimum atomic E-state index is -0.146. The molecule has 2 rings (SSSR count). The molecule has 4 heteroatoms. The van der Waals surface area contributed by atoms with Gasteiger partial charge in [0, 0.05) is 22.6 Å². The highest BCUT2D eigenvalue weighted by Gasteiger charge is 2.11. The van der Waals surface area contributed by atoms with E-state index in [4.69, 9.17) is 11.6 Å². The third-order valence-electron chi connectivity index (χ3n) is 2.55. The van der Waals surface area contributed by atoms with Gasteiger partial charge in [-0.2, -0.15) is 0 Å². The molecule has 1 aromatic carbocycles. The van der Waals surface area contributed by atoms with Crippen LogP contribution in [-0.4, -0.2) is 17.4 Å². The van der Waals surface area contributed by atoms with Crippen molar-refractivity contribution < 1.29 is 4.79 Å². The average Bonchev–Trinajstić information content (AvgIpc) is 2.35. The van der Waals surface area contributed by atoms with Crippen LogP contribution in [0.2, 0.25) is 5.02 Å². The number of hydrogen-bond acceptors (Lipinski definition) is 2. The SMILES string of the molecule is C=CCNC(=O)c1cc(C)nc2ccc(Cl)cc12. The second-order valence-electron chi connectivity index (χ2n) is 3.97. The van der Waals surface area contributed by atoms with Gasteiger partial charge in [0.25, 0.3) is 5.91 Å². The van der Waals surface area contributed by atoms with Crippen LogP contribution in [0.25, 0.3) is 10.9 Å². The quantitative estimate of drug-likeness (QED) is 0.862. The van der Waals surface area contributed by atoms with Gasteiger partial charge in [0.15, 0.2) is 0 Å². The van der Waals surface area contributed by atoms with Gasteiger partial charge in [-0.05, 0) is 31.2 Å². The molecule has 18 heavy (non-hydrogen) atoms. The molecular weight excluding hydrogens is 248 g/mol. The van der Waals surface area contributed by atoms with E-state index in [9.17, 15) is 4.79 Å². The number of pyridine rings is 1. The Morgan fingerprint density at radius 3 is 3.00 bits per heavy atom. The molecule has 3 nitrogen and oxygen atoms in total. The van der Waals surface area contributed by atoms with E-state index in [2.05, 4.69) is 16.9 Å². The normalized spacial score (nSPS) is 10.3. The van der Waals surface area contributed by atoms with Gasteiger partial charge in [-0.1, -0.05) is 17.7 Å². The Hall–Kier alpha value is -1.87. The van der Waals surface area contributed by atoms with E-state index in [0.29, 0.717) is 17.1 Å². The fourth-order valence-electron chi connectivity index (χ4n) is 1.78. The molecule has 1 heterocycles. The van der Waals surface area contributed by atoms with Crippen molar-refractivity contribution in [3.05, 3.63) is 53.2 Å². The molecule has 92 valence electrons. The third kappa shape index (κ3) is 2.51. The molecule has 0 aliphatic heterocycles. The monoisotopic (exact) mass is 260 g/mol. The molecule has 0 saturated heterocycles. The summed E-state index contributed by atoms with van der Waals surface area (Å²) in [5.74, 6) is -0.146. The number of fused-ring (bicyclic) bond motifs is 1. The number of aromatic nitrogens is 1. The van der Waals surface area contributed by atoms with E-state index in [0.717, 1.165) is 16.6 Å². The predicted molar refractivity (Wildman–Crippen MR) is 74.0 cm³/mol. The van der Waals surface area contributed by atoms with Gasteiger partial charge in [0.1, 0.15) is 0 Å². The molecule has 0 radical (unpaired) electrons. The number of nitrogens with zero attached hydrogens (tertiary/aromatic N) is 1. The van der Waals surface area contributed by atoms with Crippen LogP contribution in [0.4, 0.5) is 0 Å². The molecule has 1 amide bonds. The van der Waals surface area contributed by atoms with Crippen molar-refractivity contribution >= 4 is 28.4 Å². The molecule has 0 saturated carbocycles. The standard InChI is InChI=1S/C14H13ClN2O/c1-3-6-16-14(18)12-7-9(2)17-13-5-4-10(15)8-11(12)13/h3-5,7-8H,1,6H2,2H3,(H,16,18). The number of carbonyl (C=O) groups is 1. The summed E-state index contributed by atoms with van der Waals surface area (Å²) in [6.45, 7) is 5.86. The first-order valence-corrected chi connectivity index (χ1v) is 5.95. The summed E-state index contributed by atoms with van der Waals surface area (Å²) in [5, 5.41) is 4.11. The van der Waals surface area contributed by atoms with Gasteiger partial charge >= 0.3 is 0 Å². The van der Waals surface area contributed by atoms with Crippen LogP contribution in [0.5, 0.6) is 0 Å². The fourth-order valence-corrected chi connectivity index (χ4v) is 1.95. The molecule has 0 aliphatic carbocycles. The van der Waals surface area contributed by atoms with Crippen LogP contribution in [0.15, 0.2) is 36.9 Å². The van der Waals surface area contributed by atoms with Crippen molar-refractivity contribution in [1.82, 2.24) is 10.3 Å². The van der Waals surface area contributed by atoms with Crippen LogP contribution >= 0.6 is 11.6 Å². The van der Waals surface area contributed by atoms with Crippen LogP contribution in [0.3, 0.4) is 0 Å². The first-order chi connectivity index (χ1) is 8.61. The largest absolute Gasteiger partial charge is 0.349 e. The number of rotatable bonds is 3. The number of benzene rings is 1. The van der Waals surface area contributed by atoms with E-state index in [1.165, 1.54) is 0 Å². The summed E-state index contributed by atoms with van der Waals surface area (Å²) in [4.78, 5) is 16.4. The first-order valence-electron chi connectivity index (χ1n) is 5.58. The van der Waals surface area contributed by atoms with Gasteiger partial charge in [-0.15, -0.1) is 6.58 Å². The highest BCUT2D eigenvalue weighted by molar-refractivity contribution is 6.31. The lowest BCUT2D eigenvalue weighted by molar-refractivity contribution is 0.0959. The highest BCUT2D eigenvalue weighted by atomic mass is 35.5. The Balaban J connectivity index is 2.57. The van der Waals surface area contributed by atoms with E-state index in [1.54, 1.807) is 24.3 Å². The van der Waals surface area contributed by atoms with E-state index < -0.39 is 0 Å². The molecule has 1 N–H and O–H groups in total. The summed E-state index contributed by atoms with van der Waals surface area (Å²) in [7, 11) is 0. The Labute approximate surface area is 110 Å². The summed E-state index contributed by atoms with van der Waals surface area (Å²) in [6, 6.07) is 7.10. The van der Waals surface area contributed by atoms with Gasteiger partial charge in [0.2, 0.25) is 0 Å². The summed E-state index contributed by atoms with van der Waals surface area (Å²) in [6.07, 6.45) is 1.64. The number of carbonyl (C=O) groups excluding carboxylic acids is 1. The lowest BCUT2D eigenvalue weighted by atomic mass is 10.1. The number of nitrogens with one attached hydrogen (secondary N) is 1. The number of aryl methyl sites for hydroxylation is 1. The van der Waals surface area contributed by atoms with Crippen LogP contribution in [0.1, 0.15) is 16.1 Å². The Morgan fingerprint density at radius 2 is 2.28 bits per heavy atom. The minimum absolute atomic E-state index is 0.146. The molecule has 0 unspecified atom stereocenters. The maximum atomic E-state index is 12.1. The van der Waals surface area contributed by atoms with Crippen molar-refractivity contribution in [3.63, 3.8) is 0 Å². The molecular formula is C14H13ClN2O. The van der Waals surface area contributed by atoms with E-state index >= 15 is 0 Å². The smallest absolute Gasteiger partial charge is 0.252 e. The van der Waals surface area contributed by atoms with Crippen molar-refractivity contribution in [2.24, 2.45) is 0 Å².